The lowest BCUT2D eigenvalue weighted by molar-refractivity contribution is 0.242. The molecule has 1 aromatic carbocycles. The topological polar surface area (TPSA) is 87.1 Å². The lowest BCUT2D eigenvalue weighted by Gasteiger charge is -2.11. The third-order valence-corrected chi connectivity index (χ3v) is 4.16. The Labute approximate surface area is 143 Å². The highest BCUT2D eigenvalue weighted by Crippen LogP contribution is 2.40. The van der Waals surface area contributed by atoms with Gasteiger partial charge in [0.2, 0.25) is 0 Å². The number of aryl methyl sites for hydroxylation is 1. The highest BCUT2D eigenvalue weighted by Gasteiger charge is 2.26. The Balaban J connectivity index is 1.72. The average Bonchev–Trinajstić information content (AvgIpc) is 3.20. The number of nitrogens with zero attached hydrogens (tertiary/aromatic N) is 3. The number of hydrogen-bond donors (Lipinski definition) is 1. The van der Waals surface area contributed by atoms with E-state index in [1.807, 2.05) is 24.3 Å². The molecule has 2 aromatic heterocycles. The van der Waals surface area contributed by atoms with Crippen LogP contribution in [-0.2, 0) is 6.42 Å². The predicted octanol–water partition coefficient (Wildman–Crippen LogP) is 3.02. The van der Waals surface area contributed by atoms with Gasteiger partial charge in [0, 0.05) is 35.3 Å². The van der Waals surface area contributed by atoms with Crippen molar-refractivity contribution in [2.45, 2.75) is 19.4 Å². The number of halogens is 1. The summed E-state index contributed by atoms with van der Waals surface area (Å²) in [6.45, 7) is 2.24. The van der Waals surface area contributed by atoms with Crippen LogP contribution in [0.5, 0.6) is 5.75 Å². The van der Waals surface area contributed by atoms with E-state index in [1.165, 1.54) is 0 Å². The number of fused-ring (bicyclic) bond motifs is 1. The van der Waals surface area contributed by atoms with Crippen molar-refractivity contribution in [3.8, 4) is 28.5 Å². The molecule has 3 aromatic rings. The highest BCUT2D eigenvalue weighted by atomic mass is 35.5. The van der Waals surface area contributed by atoms with E-state index in [0.717, 1.165) is 34.6 Å². The summed E-state index contributed by atoms with van der Waals surface area (Å²) in [7, 11) is 0. The fraction of sp³-hybridized carbons (Fsp3) is 0.235. The standard InChI is InChI=1S/C17H15ClN4O2/c1-9-21-17(24-22-9)10-2-3-15(20-8-10)14-6-12(18)4-11-5-13(7-19)23-16(11)14/h2-4,6,8,13H,5,7,19H2,1H3/t13-/m0/s1. The number of hydrogen-bond acceptors (Lipinski definition) is 6. The largest absolute Gasteiger partial charge is 0.488 e. The summed E-state index contributed by atoms with van der Waals surface area (Å²) in [6, 6.07) is 7.56. The van der Waals surface area contributed by atoms with Gasteiger partial charge in [-0.3, -0.25) is 4.98 Å². The van der Waals surface area contributed by atoms with Crippen molar-refractivity contribution in [1.82, 2.24) is 15.1 Å². The van der Waals surface area contributed by atoms with Crippen LogP contribution in [0.3, 0.4) is 0 Å². The Kier molecular flexibility index (Phi) is 3.70. The number of pyridine rings is 1. The summed E-state index contributed by atoms with van der Waals surface area (Å²) in [4.78, 5) is 8.71. The number of rotatable bonds is 3. The van der Waals surface area contributed by atoms with E-state index < -0.39 is 0 Å². The average molecular weight is 343 g/mol. The molecule has 0 aliphatic carbocycles. The molecule has 0 amide bonds. The van der Waals surface area contributed by atoms with E-state index in [4.69, 9.17) is 26.6 Å². The molecule has 3 heterocycles. The molecule has 0 spiro atoms. The molecule has 0 saturated heterocycles. The highest BCUT2D eigenvalue weighted by molar-refractivity contribution is 6.31. The Morgan fingerprint density at radius 2 is 2.21 bits per heavy atom. The first-order chi connectivity index (χ1) is 11.6. The quantitative estimate of drug-likeness (QED) is 0.787. The van der Waals surface area contributed by atoms with Gasteiger partial charge in [-0.25, -0.2) is 0 Å². The first kappa shape index (κ1) is 15.1. The molecule has 1 aliphatic heterocycles. The maximum Gasteiger partial charge on any atom is 0.259 e. The van der Waals surface area contributed by atoms with Crippen molar-refractivity contribution in [2.75, 3.05) is 6.54 Å². The summed E-state index contributed by atoms with van der Waals surface area (Å²) in [5, 5.41) is 4.44. The zero-order valence-electron chi connectivity index (χ0n) is 13.0. The van der Waals surface area contributed by atoms with Gasteiger partial charge in [0.25, 0.3) is 5.89 Å². The third kappa shape index (κ3) is 2.64. The molecule has 1 atom stereocenters. The van der Waals surface area contributed by atoms with Crippen LogP contribution in [0, 0.1) is 6.92 Å². The molecule has 0 saturated carbocycles. The Hall–Kier alpha value is -2.44. The van der Waals surface area contributed by atoms with Gasteiger partial charge < -0.3 is 15.0 Å². The second-order valence-corrected chi connectivity index (χ2v) is 6.14. The second kappa shape index (κ2) is 5.89. The van der Waals surface area contributed by atoms with Crippen molar-refractivity contribution in [3.05, 3.63) is 46.9 Å². The summed E-state index contributed by atoms with van der Waals surface area (Å²) >= 11 is 6.25. The minimum atomic E-state index is -0.0159. The Morgan fingerprint density at radius 1 is 1.33 bits per heavy atom. The van der Waals surface area contributed by atoms with E-state index in [9.17, 15) is 0 Å². The van der Waals surface area contributed by atoms with Crippen LogP contribution in [0.1, 0.15) is 11.4 Å². The van der Waals surface area contributed by atoms with Gasteiger partial charge in [0.15, 0.2) is 5.82 Å². The minimum Gasteiger partial charge on any atom is -0.488 e. The molecule has 0 fully saturated rings. The molecule has 2 N–H and O–H groups in total. The van der Waals surface area contributed by atoms with Crippen LogP contribution in [-0.4, -0.2) is 27.8 Å². The third-order valence-electron chi connectivity index (χ3n) is 3.94. The zero-order chi connectivity index (χ0) is 16.7. The van der Waals surface area contributed by atoms with Gasteiger partial charge in [0.1, 0.15) is 11.9 Å². The van der Waals surface area contributed by atoms with Gasteiger partial charge in [-0.1, -0.05) is 16.8 Å². The molecule has 0 unspecified atom stereocenters. The Bertz CT molecular complexity index is 892. The maximum atomic E-state index is 6.25. The fourth-order valence-electron chi connectivity index (χ4n) is 2.81. The first-order valence-electron chi connectivity index (χ1n) is 7.60. The predicted molar refractivity (Wildman–Crippen MR) is 89.9 cm³/mol. The molecule has 0 bridgehead atoms. The van der Waals surface area contributed by atoms with Crippen molar-refractivity contribution in [3.63, 3.8) is 0 Å². The number of nitrogens with two attached hydrogens (primary N) is 1. The van der Waals surface area contributed by atoms with E-state index in [-0.39, 0.29) is 6.10 Å². The van der Waals surface area contributed by atoms with Crippen molar-refractivity contribution < 1.29 is 9.26 Å². The SMILES string of the molecule is Cc1noc(-c2ccc(-c3cc(Cl)cc4c3O[C@H](CN)C4)nc2)n1. The van der Waals surface area contributed by atoms with E-state index in [1.54, 1.807) is 13.1 Å². The van der Waals surface area contributed by atoms with Crippen LogP contribution >= 0.6 is 11.6 Å². The second-order valence-electron chi connectivity index (χ2n) is 5.70. The van der Waals surface area contributed by atoms with Gasteiger partial charge in [-0.05, 0) is 31.2 Å². The maximum absolute atomic E-state index is 6.25. The smallest absolute Gasteiger partial charge is 0.259 e. The Morgan fingerprint density at radius 3 is 2.88 bits per heavy atom. The van der Waals surface area contributed by atoms with Crippen LogP contribution in [0.4, 0.5) is 0 Å². The monoisotopic (exact) mass is 342 g/mol. The van der Waals surface area contributed by atoms with Crippen molar-refractivity contribution in [1.29, 1.82) is 0 Å². The number of aromatic nitrogens is 3. The van der Waals surface area contributed by atoms with Crippen LogP contribution in [0.25, 0.3) is 22.7 Å². The number of benzene rings is 1. The summed E-state index contributed by atoms with van der Waals surface area (Å²) in [5.41, 5.74) is 9.19. The van der Waals surface area contributed by atoms with E-state index in [2.05, 4.69) is 15.1 Å². The van der Waals surface area contributed by atoms with E-state index >= 15 is 0 Å². The molecule has 1 aliphatic rings. The molecule has 7 heteroatoms. The van der Waals surface area contributed by atoms with Crippen molar-refractivity contribution >= 4 is 11.6 Å². The van der Waals surface area contributed by atoms with Gasteiger partial charge >= 0.3 is 0 Å². The lowest BCUT2D eigenvalue weighted by Crippen LogP contribution is -2.24. The van der Waals surface area contributed by atoms with Crippen molar-refractivity contribution in [2.24, 2.45) is 5.73 Å². The fourth-order valence-corrected chi connectivity index (χ4v) is 3.05. The lowest BCUT2D eigenvalue weighted by atomic mass is 10.0. The molecule has 4 rings (SSSR count). The van der Waals surface area contributed by atoms with Gasteiger partial charge in [0.05, 0.1) is 11.3 Å². The van der Waals surface area contributed by atoms with Crippen LogP contribution in [0.15, 0.2) is 35.0 Å². The molecule has 122 valence electrons. The van der Waals surface area contributed by atoms with E-state index in [0.29, 0.717) is 23.3 Å². The molecule has 24 heavy (non-hydrogen) atoms. The zero-order valence-corrected chi connectivity index (χ0v) is 13.7. The van der Waals surface area contributed by atoms with Crippen LogP contribution in [0.2, 0.25) is 5.02 Å². The molecule has 6 nitrogen and oxygen atoms in total. The molecular weight excluding hydrogens is 328 g/mol. The molecular formula is C17H15ClN4O2. The summed E-state index contributed by atoms with van der Waals surface area (Å²) in [6.07, 6.45) is 2.45. The minimum absolute atomic E-state index is 0.0159. The summed E-state index contributed by atoms with van der Waals surface area (Å²) < 4.78 is 11.1. The van der Waals surface area contributed by atoms with Gasteiger partial charge in [-0.2, -0.15) is 4.98 Å². The van der Waals surface area contributed by atoms with Gasteiger partial charge in [-0.15, -0.1) is 0 Å². The molecule has 0 radical (unpaired) electrons. The first-order valence-corrected chi connectivity index (χ1v) is 7.98. The normalized spacial score (nSPS) is 16.0. The van der Waals surface area contributed by atoms with Crippen LogP contribution < -0.4 is 10.5 Å². The summed E-state index contributed by atoms with van der Waals surface area (Å²) in [5.74, 6) is 1.84. The number of ether oxygens (including phenoxy) is 1.